The molecular weight excluding hydrogens is 324 g/mol. The summed E-state index contributed by atoms with van der Waals surface area (Å²) in [6.45, 7) is 11.0. The number of aromatic nitrogens is 1. The third-order valence-electron chi connectivity index (χ3n) is 4.95. The van der Waals surface area contributed by atoms with E-state index < -0.39 is 0 Å². The zero-order valence-electron chi connectivity index (χ0n) is 15.9. The molecule has 3 rings (SSSR count). The molecule has 0 atom stereocenters. The molecule has 2 heterocycles. The van der Waals surface area contributed by atoms with Crippen molar-refractivity contribution in [3.05, 3.63) is 53.9 Å². The van der Waals surface area contributed by atoms with E-state index >= 15 is 0 Å². The lowest BCUT2D eigenvalue weighted by atomic mass is 10.0. The Morgan fingerprint density at radius 3 is 2.58 bits per heavy atom. The molecule has 1 fully saturated rings. The number of benzene rings is 1. The Balaban J connectivity index is 1.74. The number of carbonyl (C=O) groups excluding carboxylic acids is 1. The standard InChI is InChI=1S/C21H28N4O/c1-4-24-9-11-25(12-10-24)21(26)17-13-18(15-22-14-17)23-20-8-6-5-7-19(20)16(2)3/h5-8,13-16,23H,4,9-12H2,1-3H3. The predicted molar refractivity (Wildman–Crippen MR) is 106 cm³/mol. The summed E-state index contributed by atoms with van der Waals surface area (Å²) in [7, 11) is 0. The van der Waals surface area contributed by atoms with Crippen LogP contribution in [0.3, 0.4) is 0 Å². The van der Waals surface area contributed by atoms with Gasteiger partial charge in [-0.1, -0.05) is 39.0 Å². The maximum Gasteiger partial charge on any atom is 0.255 e. The first kappa shape index (κ1) is 18.4. The quantitative estimate of drug-likeness (QED) is 0.891. The Hall–Kier alpha value is -2.40. The molecule has 1 aromatic heterocycles. The van der Waals surface area contributed by atoms with Crippen molar-refractivity contribution in [2.75, 3.05) is 38.0 Å². The molecule has 1 saturated heterocycles. The number of piperazine rings is 1. The van der Waals surface area contributed by atoms with E-state index in [-0.39, 0.29) is 5.91 Å². The second kappa shape index (κ2) is 8.32. The largest absolute Gasteiger partial charge is 0.354 e. The van der Waals surface area contributed by atoms with Crippen LogP contribution in [0.2, 0.25) is 0 Å². The number of anilines is 2. The van der Waals surface area contributed by atoms with E-state index in [0.717, 1.165) is 44.1 Å². The molecular formula is C21H28N4O. The van der Waals surface area contributed by atoms with Crippen molar-refractivity contribution in [1.82, 2.24) is 14.8 Å². The molecule has 0 radical (unpaired) electrons. The summed E-state index contributed by atoms with van der Waals surface area (Å²) >= 11 is 0. The molecule has 5 heteroatoms. The van der Waals surface area contributed by atoms with Gasteiger partial charge in [0.25, 0.3) is 5.91 Å². The highest BCUT2D eigenvalue weighted by Crippen LogP contribution is 2.27. The van der Waals surface area contributed by atoms with Gasteiger partial charge < -0.3 is 15.1 Å². The van der Waals surface area contributed by atoms with Crippen LogP contribution in [0.1, 0.15) is 42.6 Å². The molecule has 1 amide bonds. The number of rotatable bonds is 5. The lowest BCUT2D eigenvalue weighted by Gasteiger charge is -2.34. The minimum Gasteiger partial charge on any atom is -0.354 e. The van der Waals surface area contributed by atoms with E-state index in [4.69, 9.17) is 0 Å². The van der Waals surface area contributed by atoms with Gasteiger partial charge in [-0.05, 0) is 30.2 Å². The smallest absolute Gasteiger partial charge is 0.255 e. The van der Waals surface area contributed by atoms with E-state index in [1.54, 1.807) is 12.4 Å². The lowest BCUT2D eigenvalue weighted by molar-refractivity contribution is 0.0643. The first-order chi connectivity index (χ1) is 12.6. The number of carbonyl (C=O) groups is 1. The van der Waals surface area contributed by atoms with Gasteiger partial charge in [0.15, 0.2) is 0 Å². The van der Waals surface area contributed by atoms with Crippen molar-refractivity contribution in [1.29, 1.82) is 0 Å². The lowest BCUT2D eigenvalue weighted by Crippen LogP contribution is -2.48. The van der Waals surface area contributed by atoms with Crippen molar-refractivity contribution in [3.8, 4) is 0 Å². The third kappa shape index (κ3) is 4.22. The molecule has 0 bridgehead atoms. The van der Waals surface area contributed by atoms with E-state index in [1.165, 1.54) is 5.56 Å². The van der Waals surface area contributed by atoms with Crippen LogP contribution in [-0.2, 0) is 0 Å². The van der Waals surface area contributed by atoms with Crippen molar-refractivity contribution in [3.63, 3.8) is 0 Å². The van der Waals surface area contributed by atoms with Gasteiger partial charge in [-0.3, -0.25) is 9.78 Å². The van der Waals surface area contributed by atoms with Crippen LogP contribution in [0.5, 0.6) is 0 Å². The molecule has 1 aromatic carbocycles. The van der Waals surface area contributed by atoms with Crippen LogP contribution in [0.15, 0.2) is 42.7 Å². The van der Waals surface area contributed by atoms with Crippen LogP contribution in [0.25, 0.3) is 0 Å². The van der Waals surface area contributed by atoms with Gasteiger partial charge in [-0.15, -0.1) is 0 Å². The molecule has 2 aromatic rings. The van der Waals surface area contributed by atoms with Crippen molar-refractivity contribution in [2.24, 2.45) is 0 Å². The molecule has 26 heavy (non-hydrogen) atoms. The highest BCUT2D eigenvalue weighted by Gasteiger charge is 2.21. The summed E-state index contributed by atoms with van der Waals surface area (Å²) in [6.07, 6.45) is 3.43. The Morgan fingerprint density at radius 1 is 1.15 bits per heavy atom. The predicted octanol–water partition coefficient (Wildman–Crippen LogP) is 3.73. The Kier molecular flexibility index (Phi) is 5.89. The van der Waals surface area contributed by atoms with E-state index in [9.17, 15) is 4.79 Å². The number of para-hydroxylation sites is 1. The second-order valence-corrected chi connectivity index (χ2v) is 7.06. The van der Waals surface area contributed by atoms with Gasteiger partial charge in [0, 0.05) is 38.1 Å². The second-order valence-electron chi connectivity index (χ2n) is 7.06. The highest BCUT2D eigenvalue weighted by molar-refractivity contribution is 5.95. The summed E-state index contributed by atoms with van der Waals surface area (Å²) in [5, 5.41) is 3.43. The number of likely N-dealkylation sites (N-methyl/N-ethyl adjacent to an activating group) is 1. The highest BCUT2D eigenvalue weighted by atomic mass is 16.2. The summed E-state index contributed by atoms with van der Waals surface area (Å²) in [4.78, 5) is 21.4. The molecule has 0 spiro atoms. The first-order valence-corrected chi connectivity index (χ1v) is 9.41. The van der Waals surface area contributed by atoms with Crippen LogP contribution in [0, 0.1) is 0 Å². The normalized spacial score (nSPS) is 15.3. The molecule has 0 aliphatic carbocycles. The number of amides is 1. The Morgan fingerprint density at radius 2 is 1.88 bits per heavy atom. The maximum absolute atomic E-state index is 12.8. The number of pyridine rings is 1. The minimum absolute atomic E-state index is 0.0639. The van der Waals surface area contributed by atoms with Gasteiger partial charge in [0.1, 0.15) is 0 Å². The van der Waals surface area contributed by atoms with Gasteiger partial charge in [-0.25, -0.2) is 0 Å². The SMILES string of the molecule is CCN1CCN(C(=O)c2cncc(Nc3ccccc3C(C)C)c2)CC1. The number of hydrogen-bond donors (Lipinski definition) is 1. The van der Waals surface area contributed by atoms with E-state index in [2.05, 4.69) is 54.2 Å². The Labute approximate surface area is 156 Å². The number of nitrogens with zero attached hydrogens (tertiary/aromatic N) is 3. The molecule has 5 nitrogen and oxygen atoms in total. The van der Waals surface area contributed by atoms with Crippen molar-refractivity contribution in [2.45, 2.75) is 26.7 Å². The van der Waals surface area contributed by atoms with Gasteiger partial charge >= 0.3 is 0 Å². The zero-order valence-corrected chi connectivity index (χ0v) is 15.9. The molecule has 1 aliphatic rings. The van der Waals surface area contributed by atoms with E-state index in [1.807, 2.05) is 17.0 Å². The van der Waals surface area contributed by atoms with Gasteiger partial charge in [-0.2, -0.15) is 0 Å². The fraction of sp³-hybridized carbons (Fsp3) is 0.429. The third-order valence-corrected chi connectivity index (χ3v) is 4.95. The van der Waals surface area contributed by atoms with Gasteiger partial charge in [0.05, 0.1) is 17.4 Å². The molecule has 1 N–H and O–H groups in total. The average Bonchev–Trinajstić information content (AvgIpc) is 2.68. The van der Waals surface area contributed by atoms with Crippen molar-refractivity contribution < 1.29 is 4.79 Å². The minimum atomic E-state index is 0.0639. The van der Waals surface area contributed by atoms with Crippen LogP contribution in [0.4, 0.5) is 11.4 Å². The molecule has 0 unspecified atom stereocenters. The van der Waals surface area contributed by atoms with Gasteiger partial charge in [0.2, 0.25) is 0 Å². The number of nitrogens with one attached hydrogen (secondary N) is 1. The monoisotopic (exact) mass is 352 g/mol. The number of hydrogen-bond acceptors (Lipinski definition) is 4. The summed E-state index contributed by atoms with van der Waals surface area (Å²) in [5.41, 5.74) is 3.79. The summed E-state index contributed by atoms with van der Waals surface area (Å²) in [6, 6.07) is 10.2. The molecule has 0 saturated carbocycles. The van der Waals surface area contributed by atoms with E-state index in [0.29, 0.717) is 11.5 Å². The van der Waals surface area contributed by atoms with Crippen LogP contribution in [-0.4, -0.2) is 53.4 Å². The zero-order chi connectivity index (χ0) is 18.5. The molecule has 138 valence electrons. The Bertz CT molecular complexity index is 751. The summed E-state index contributed by atoms with van der Waals surface area (Å²) in [5.74, 6) is 0.486. The fourth-order valence-electron chi connectivity index (χ4n) is 3.34. The average molecular weight is 352 g/mol. The van der Waals surface area contributed by atoms with Crippen LogP contribution >= 0.6 is 0 Å². The van der Waals surface area contributed by atoms with Crippen molar-refractivity contribution >= 4 is 17.3 Å². The maximum atomic E-state index is 12.8. The van der Waals surface area contributed by atoms with Crippen LogP contribution < -0.4 is 5.32 Å². The topological polar surface area (TPSA) is 48.5 Å². The molecule has 1 aliphatic heterocycles. The summed E-state index contributed by atoms with van der Waals surface area (Å²) < 4.78 is 0. The fourth-order valence-corrected chi connectivity index (χ4v) is 3.34. The first-order valence-electron chi connectivity index (χ1n) is 9.41.